The molecule has 0 aromatic heterocycles. The zero-order valence-corrected chi connectivity index (χ0v) is 10.1. The Hall–Kier alpha value is -0.0800. The van der Waals surface area contributed by atoms with Gasteiger partial charge in [0.2, 0.25) is 0 Å². The van der Waals surface area contributed by atoms with Crippen molar-refractivity contribution in [1.82, 2.24) is 0 Å². The van der Waals surface area contributed by atoms with E-state index in [2.05, 4.69) is 6.92 Å². The summed E-state index contributed by atoms with van der Waals surface area (Å²) in [5.74, 6) is -1.49. The van der Waals surface area contributed by atoms with E-state index >= 15 is 0 Å². The molecule has 2 heteroatoms. The molecular formula is C12H26O2. The summed E-state index contributed by atoms with van der Waals surface area (Å²) >= 11 is 0. The fourth-order valence-electron chi connectivity index (χ4n) is 1.88. The van der Waals surface area contributed by atoms with Gasteiger partial charge >= 0.3 is 0 Å². The second-order valence-electron chi connectivity index (χ2n) is 4.58. The maximum Gasteiger partial charge on any atom is 0.167 e. The van der Waals surface area contributed by atoms with Crippen molar-refractivity contribution in [2.75, 3.05) is 0 Å². The molecule has 0 aliphatic carbocycles. The standard InChI is InChI=1S/C12H26O2/c1-5-8-10-11(4,7-3)12(13,14)9-6-2/h13-14H,5-10H2,1-4H3. The molecule has 0 rings (SSSR count). The van der Waals surface area contributed by atoms with E-state index in [0.29, 0.717) is 6.42 Å². The van der Waals surface area contributed by atoms with Gasteiger partial charge < -0.3 is 10.2 Å². The van der Waals surface area contributed by atoms with Crippen molar-refractivity contribution in [3.63, 3.8) is 0 Å². The van der Waals surface area contributed by atoms with E-state index in [0.717, 1.165) is 32.1 Å². The van der Waals surface area contributed by atoms with Crippen molar-refractivity contribution in [3.05, 3.63) is 0 Å². The first-order valence-corrected chi connectivity index (χ1v) is 5.88. The van der Waals surface area contributed by atoms with E-state index < -0.39 is 5.79 Å². The minimum absolute atomic E-state index is 0.348. The summed E-state index contributed by atoms with van der Waals surface area (Å²) in [6, 6.07) is 0. The first-order valence-electron chi connectivity index (χ1n) is 5.88. The van der Waals surface area contributed by atoms with Gasteiger partial charge in [0, 0.05) is 11.8 Å². The van der Waals surface area contributed by atoms with Crippen molar-refractivity contribution >= 4 is 0 Å². The van der Waals surface area contributed by atoms with Crippen LogP contribution in [0.4, 0.5) is 0 Å². The molecule has 0 bridgehead atoms. The zero-order valence-electron chi connectivity index (χ0n) is 10.1. The highest BCUT2D eigenvalue weighted by Gasteiger charge is 2.42. The minimum atomic E-state index is -1.49. The summed E-state index contributed by atoms with van der Waals surface area (Å²) in [5.41, 5.74) is -0.348. The third-order valence-corrected chi connectivity index (χ3v) is 3.43. The second kappa shape index (κ2) is 5.72. The first kappa shape index (κ1) is 13.9. The second-order valence-corrected chi connectivity index (χ2v) is 4.58. The van der Waals surface area contributed by atoms with Gasteiger partial charge in [-0.05, 0) is 12.8 Å². The van der Waals surface area contributed by atoms with Gasteiger partial charge in [-0.25, -0.2) is 0 Å². The lowest BCUT2D eigenvalue weighted by Crippen LogP contribution is -2.46. The molecule has 0 aromatic carbocycles. The maximum absolute atomic E-state index is 10.0. The molecule has 0 saturated carbocycles. The molecule has 0 spiro atoms. The van der Waals surface area contributed by atoms with Gasteiger partial charge in [-0.1, -0.05) is 47.0 Å². The van der Waals surface area contributed by atoms with Crippen LogP contribution in [0.1, 0.15) is 66.2 Å². The monoisotopic (exact) mass is 202 g/mol. The molecule has 0 aliphatic heterocycles. The summed E-state index contributed by atoms with van der Waals surface area (Å²) in [5, 5.41) is 20.0. The highest BCUT2D eigenvalue weighted by atomic mass is 16.5. The van der Waals surface area contributed by atoms with Gasteiger partial charge in [0.15, 0.2) is 5.79 Å². The molecule has 0 radical (unpaired) electrons. The smallest absolute Gasteiger partial charge is 0.167 e. The Balaban J connectivity index is 4.47. The molecule has 0 aromatic rings. The van der Waals surface area contributed by atoms with Crippen molar-refractivity contribution in [2.45, 2.75) is 72.0 Å². The van der Waals surface area contributed by atoms with E-state index in [9.17, 15) is 10.2 Å². The number of unbranched alkanes of at least 4 members (excludes halogenated alkanes) is 1. The summed E-state index contributed by atoms with van der Waals surface area (Å²) in [6.45, 7) is 8.13. The van der Waals surface area contributed by atoms with Crippen LogP contribution in [0.2, 0.25) is 0 Å². The van der Waals surface area contributed by atoms with Gasteiger partial charge in [0.1, 0.15) is 0 Å². The Kier molecular flexibility index (Phi) is 5.68. The third kappa shape index (κ3) is 3.25. The highest BCUT2D eigenvalue weighted by molar-refractivity contribution is 4.86. The predicted octanol–water partition coefficient (Wildman–Crippen LogP) is 3.07. The van der Waals surface area contributed by atoms with Crippen molar-refractivity contribution in [3.8, 4) is 0 Å². The summed E-state index contributed by atoms with van der Waals surface area (Å²) in [7, 11) is 0. The van der Waals surface area contributed by atoms with Crippen LogP contribution in [-0.2, 0) is 0 Å². The topological polar surface area (TPSA) is 40.5 Å². The predicted molar refractivity (Wildman–Crippen MR) is 60.0 cm³/mol. The average Bonchev–Trinajstić information content (AvgIpc) is 2.13. The van der Waals surface area contributed by atoms with Crippen LogP contribution in [-0.4, -0.2) is 16.0 Å². The molecule has 2 nitrogen and oxygen atoms in total. The van der Waals surface area contributed by atoms with Crippen LogP contribution in [0.5, 0.6) is 0 Å². The maximum atomic E-state index is 10.0. The molecule has 0 aliphatic rings. The molecule has 2 N–H and O–H groups in total. The Labute approximate surface area is 88.3 Å². The quantitative estimate of drug-likeness (QED) is 0.623. The molecule has 86 valence electrons. The zero-order chi connectivity index (χ0) is 11.2. The third-order valence-electron chi connectivity index (χ3n) is 3.43. The highest BCUT2D eigenvalue weighted by Crippen LogP contribution is 2.40. The average molecular weight is 202 g/mol. The lowest BCUT2D eigenvalue weighted by atomic mass is 9.73. The molecular weight excluding hydrogens is 176 g/mol. The summed E-state index contributed by atoms with van der Waals surface area (Å²) in [6.07, 6.45) is 5.18. The Morgan fingerprint density at radius 3 is 1.86 bits per heavy atom. The van der Waals surface area contributed by atoms with E-state index in [4.69, 9.17) is 0 Å². The van der Waals surface area contributed by atoms with Gasteiger partial charge in [-0.3, -0.25) is 0 Å². The largest absolute Gasteiger partial charge is 0.365 e. The van der Waals surface area contributed by atoms with Crippen LogP contribution >= 0.6 is 0 Å². The lowest BCUT2D eigenvalue weighted by Gasteiger charge is -2.41. The van der Waals surface area contributed by atoms with Crippen molar-refractivity contribution in [1.29, 1.82) is 0 Å². The molecule has 0 saturated heterocycles. The fraction of sp³-hybridized carbons (Fsp3) is 1.00. The molecule has 14 heavy (non-hydrogen) atoms. The number of hydrogen-bond acceptors (Lipinski definition) is 2. The van der Waals surface area contributed by atoms with Crippen LogP contribution < -0.4 is 0 Å². The molecule has 0 heterocycles. The van der Waals surface area contributed by atoms with E-state index in [1.807, 2.05) is 20.8 Å². The number of rotatable bonds is 7. The van der Waals surface area contributed by atoms with Crippen molar-refractivity contribution in [2.24, 2.45) is 5.41 Å². The van der Waals surface area contributed by atoms with Gasteiger partial charge in [-0.15, -0.1) is 0 Å². The van der Waals surface area contributed by atoms with Crippen LogP contribution in [0.25, 0.3) is 0 Å². The number of aliphatic hydroxyl groups is 2. The van der Waals surface area contributed by atoms with Crippen LogP contribution in [0.15, 0.2) is 0 Å². The normalized spacial score (nSPS) is 16.7. The Morgan fingerprint density at radius 2 is 1.50 bits per heavy atom. The van der Waals surface area contributed by atoms with E-state index in [-0.39, 0.29) is 5.41 Å². The Morgan fingerprint density at radius 1 is 0.929 bits per heavy atom. The molecule has 0 fully saturated rings. The van der Waals surface area contributed by atoms with Crippen LogP contribution in [0.3, 0.4) is 0 Å². The fourth-order valence-corrected chi connectivity index (χ4v) is 1.88. The van der Waals surface area contributed by atoms with Crippen LogP contribution in [0, 0.1) is 5.41 Å². The Bertz CT molecular complexity index is 154. The van der Waals surface area contributed by atoms with Gasteiger partial charge in [0.25, 0.3) is 0 Å². The minimum Gasteiger partial charge on any atom is -0.365 e. The summed E-state index contributed by atoms with van der Waals surface area (Å²) < 4.78 is 0. The summed E-state index contributed by atoms with van der Waals surface area (Å²) in [4.78, 5) is 0. The van der Waals surface area contributed by atoms with E-state index in [1.54, 1.807) is 0 Å². The molecule has 1 unspecified atom stereocenters. The SMILES string of the molecule is CCCCC(C)(CC)C(O)(O)CCC. The number of hydrogen-bond donors (Lipinski definition) is 2. The van der Waals surface area contributed by atoms with E-state index in [1.165, 1.54) is 0 Å². The van der Waals surface area contributed by atoms with Crippen molar-refractivity contribution < 1.29 is 10.2 Å². The lowest BCUT2D eigenvalue weighted by molar-refractivity contribution is -0.246. The first-order chi connectivity index (χ1) is 6.43. The van der Waals surface area contributed by atoms with Gasteiger partial charge in [0.05, 0.1) is 0 Å². The molecule has 1 atom stereocenters. The molecule has 0 amide bonds. The van der Waals surface area contributed by atoms with Gasteiger partial charge in [-0.2, -0.15) is 0 Å².